The summed E-state index contributed by atoms with van der Waals surface area (Å²) in [6.45, 7) is 2.77. The van der Waals surface area contributed by atoms with E-state index >= 15 is 0 Å². The zero-order valence-electron chi connectivity index (χ0n) is 56.7. The SMILES string of the molecule is CC/C=C\C/C=C\C/C=C\C/C=C\C/C=C\CCCCCCCCCCCCCCCCCCCCCCCCCCCC(=O)NC(COC1OC(CO)C(OC2OC(CO)C(O)C(O)C2O)C(O)C1O)C(O)CCCCCCCCCCCCCCCC. The van der Waals surface area contributed by atoms with E-state index in [1.54, 1.807) is 0 Å². The van der Waals surface area contributed by atoms with Gasteiger partial charge in [-0.1, -0.05) is 312 Å². The van der Waals surface area contributed by atoms with Crippen molar-refractivity contribution < 1.29 is 64.6 Å². The van der Waals surface area contributed by atoms with E-state index in [9.17, 15) is 45.6 Å². The number of ether oxygens (including phenoxy) is 4. The van der Waals surface area contributed by atoms with Crippen LogP contribution in [0.5, 0.6) is 0 Å². The molecule has 2 fully saturated rings. The van der Waals surface area contributed by atoms with Gasteiger partial charge in [-0.15, -0.1) is 0 Å². The number of amides is 1. The van der Waals surface area contributed by atoms with E-state index in [0.717, 1.165) is 83.5 Å². The van der Waals surface area contributed by atoms with Crippen LogP contribution in [0.4, 0.5) is 0 Å². The molecule has 2 aliphatic rings. The number of hydrogen-bond acceptors (Lipinski definition) is 13. The third-order valence-corrected chi connectivity index (χ3v) is 18.0. The average Bonchev–Trinajstić information content (AvgIpc) is 2.74. The third kappa shape index (κ3) is 43.3. The van der Waals surface area contributed by atoms with Crippen molar-refractivity contribution >= 4 is 5.91 Å². The number of rotatable bonds is 61. The van der Waals surface area contributed by atoms with E-state index < -0.39 is 86.8 Å². The Bertz CT molecular complexity index is 1720. The van der Waals surface area contributed by atoms with Gasteiger partial charge in [0.25, 0.3) is 0 Å². The van der Waals surface area contributed by atoms with Crippen LogP contribution in [0.2, 0.25) is 0 Å². The smallest absolute Gasteiger partial charge is 0.220 e. The highest BCUT2D eigenvalue weighted by atomic mass is 16.7. The lowest BCUT2D eigenvalue weighted by Crippen LogP contribution is -2.65. The molecule has 2 saturated heterocycles. The average molecular weight is 1260 g/mol. The molecule has 0 bridgehead atoms. The van der Waals surface area contributed by atoms with Gasteiger partial charge in [0.1, 0.15) is 48.8 Å². The number of nitrogens with one attached hydrogen (secondary N) is 1. The first-order valence-electron chi connectivity index (χ1n) is 37.0. The van der Waals surface area contributed by atoms with Crippen molar-refractivity contribution in [1.82, 2.24) is 5.32 Å². The van der Waals surface area contributed by atoms with Crippen LogP contribution in [0, 0.1) is 0 Å². The summed E-state index contributed by atoms with van der Waals surface area (Å²) in [7, 11) is 0. The molecular formula is C75H137NO13. The molecule has 0 aromatic carbocycles. The molecular weight excluding hydrogens is 1120 g/mol. The Kier molecular flexibility index (Phi) is 55.3. The molecule has 2 aliphatic heterocycles. The quantitative estimate of drug-likeness (QED) is 0.0204. The molecule has 12 unspecified atom stereocenters. The number of carbonyl (C=O) groups is 1. The van der Waals surface area contributed by atoms with E-state index in [1.165, 1.54) is 205 Å². The van der Waals surface area contributed by atoms with Gasteiger partial charge in [0.15, 0.2) is 12.6 Å². The summed E-state index contributed by atoms with van der Waals surface area (Å²) in [6.07, 6.45) is 62.7. The second-order valence-corrected chi connectivity index (χ2v) is 26.0. The topological polar surface area (TPSA) is 228 Å². The normalized spacial score (nSPS) is 23.3. The summed E-state index contributed by atoms with van der Waals surface area (Å²) in [5.74, 6) is -0.202. The second kappa shape index (κ2) is 59.4. The summed E-state index contributed by atoms with van der Waals surface area (Å²) >= 11 is 0. The van der Waals surface area contributed by atoms with Gasteiger partial charge < -0.3 is 65.1 Å². The maximum atomic E-state index is 13.3. The molecule has 2 heterocycles. The Hall–Kier alpha value is -2.31. The van der Waals surface area contributed by atoms with Gasteiger partial charge >= 0.3 is 0 Å². The van der Waals surface area contributed by atoms with Gasteiger partial charge in [0, 0.05) is 6.42 Å². The van der Waals surface area contributed by atoms with Crippen molar-refractivity contribution in [3.8, 4) is 0 Å². The number of allylic oxidation sites excluding steroid dienone is 10. The minimum Gasteiger partial charge on any atom is -0.394 e. The van der Waals surface area contributed by atoms with Gasteiger partial charge in [0.2, 0.25) is 5.91 Å². The summed E-state index contributed by atoms with van der Waals surface area (Å²) in [5.41, 5.74) is 0. The largest absolute Gasteiger partial charge is 0.394 e. The van der Waals surface area contributed by atoms with Crippen LogP contribution >= 0.6 is 0 Å². The Labute approximate surface area is 543 Å². The van der Waals surface area contributed by atoms with Crippen molar-refractivity contribution in [2.24, 2.45) is 0 Å². The molecule has 0 saturated carbocycles. The van der Waals surface area contributed by atoms with E-state index in [-0.39, 0.29) is 12.5 Å². The number of aliphatic hydroxyl groups is 8. The van der Waals surface area contributed by atoms with E-state index in [4.69, 9.17) is 18.9 Å². The lowest BCUT2D eigenvalue weighted by atomic mass is 9.97. The van der Waals surface area contributed by atoms with Crippen LogP contribution < -0.4 is 5.32 Å². The number of carbonyl (C=O) groups excluding carboxylic acids is 1. The lowest BCUT2D eigenvalue weighted by molar-refractivity contribution is -0.359. The van der Waals surface area contributed by atoms with Crippen molar-refractivity contribution in [2.45, 2.75) is 389 Å². The molecule has 14 heteroatoms. The lowest BCUT2D eigenvalue weighted by Gasteiger charge is -2.46. The molecule has 1 amide bonds. The van der Waals surface area contributed by atoms with Gasteiger partial charge in [-0.25, -0.2) is 0 Å². The maximum Gasteiger partial charge on any atom is 0.220 e. The van der Waals surface area contributed by atoms with E-state index in [1.807, 2.05) is 0 Å². The van der Waals surface area contributed by atoms with Crippen LogP contribution in [-0.4, -0.2) is 140 Å². The van der Waals surface area contributed by atoms with Crippen molar-refractivity contribution in [3.05, 3.63) is 60.8 Å². The molecule has 0 radical (unpaired) electrons. The number of unbranched alkanes of at least 4 members (excludes halogenated alkanes) is 38. The fourth-order valence-electron chi connectivity index (χ4n) is 12.2. The van der Waals surface area contributed by atoms with Crippen LogP contribution in [-0.2, 0) is 23.7 Å². The Morgan fingerprint density at radius 2 is 0.775 bits per heavy atom. The third-order valence-electron chi connectivity index (χ3n) is 18.0. The van der Waals surface area contributed by atoms with Crippen molar-refractivity contribution in [2.75, 3.05) is 19.8 Å². The summed E-state index contributed by atoms with van der Waals surface area (Å²) in [5, 5.41) is 87.5. The Balaban J connectivity index is 1.53. The Morgan fingerprint density at radius 1 is 0.416 bits per heavy atom. The van der Waals surface area contributed by atoms with Gasteiger partial charge in [-0.2, -0.15) is 0 Å². The molecule has 0 aromatic rings. The fraction of sp³-hybridized carbons (Fsp3) is 0.853. The minimum atomic E-state index is -1.78. The predicted octanol–water partition coefficient (Wildman–Crippen LogP) is 15.6. The summed E-state index contributed by atoms with van der Waals surface area (Å²) in [4.78, 5) is 13.3. The molecule has 2 rings (SSSR count). The molecule has 520 valence electrons. The molecule has 14 nitrogen and oxygen atoms in total. The molecule has 9 N–H and O–H groups in total. The molecule has 89 heavy (non-hydrogen) atoms. The highest BCUT2D eigenvalue weighted by Crippen LogP contribution is 2.30. The van der Waals surface area contributed by atoms with E-state index in [2.05, 4.69) is 79.9 Å². The summed E-state index contributed by atoms with van der Waals surface area (Å²) in [6, 6.07) is -0.827. The zero-order chi connectivity index (χ0) is 64.5. The highest BCUT2D eigenvalue weighted by molar-refractivity contribution is 5.76. The molecule has 0 spiro atoms. The highest BCUT2D eigenvalue weighted by Gasteiger charge is 2.51. The number of aliphatic hydroxyl groups excluding tert-OH is 8. The van der Waals surface area contributed by atoms with Crippen LogP contribution in [0.25, 0.3) is 0 Å². The summed E-state index contributed by atoms with van der Waals surface area (Å²) < 4.78 is 22.9. The first kappa shape index (κ1) is 82.8. The number of hydrogen-bond donors (Lipinski definition) is 9. The maximum absolute atomic E-state index is 13.3. The standard InChI is InChI=1S/C75H137NO13/c1-3-5-7-9-11-13-15-17-19-20-21-22-23-24-25-26-27-28-29-30-31-32-33-34-35-36-37-38-39-40-41-42-43-44-45-47-49-51-53-55-57-59-67(80)76-63(64(79)58-56-54-52-50-48-46-18-16-14-12-10-8-6-4-2)62-86-74-72(85)70(83)73(66(61-78)88-74)89-75-71(84)69(82)68(81)65(60-77)87-75/h5,7,11,13,17,19,21-22,24-25,63-66,68-75,77-79,81-85H,3-4,6,8-10,12,14-16,18,20,23,26-62H2,1-2H3,(H,76,80)/b7-5-,13-11-,19-17-,22-21-,25-24-. The first-order chi connectivity index (χ1) is 43.6. The van der Waals surface area contributed by atoms with Crippen molar-refractivity contribution in [3.63, 3.8) is 0 Å². The molecule has 12 atom stereocenters. The van der Waals surface area contributed by atoms with Crippen LogP contribution in [0.3, 0.4) is 0 Å². The molecule has 0 aliphatic carbocycles. The van der Waals surface area contributed by atoms with Crippen molar-refractivity contribution in [1.29, 1.82) is 0 Å². The monoisotopic (exact) mass is 1260 g/mol. The van der Waals surface area contributed by atoms with Gasteiger partial charge in [-0.3, -0.25) is 4.79 Å². The molecule has 0 aromatic heterocycles. The fourth-order valence-corrected chi connectivity index (χ4v) is 12.2. The predicted molar refractivity (Wildman–Crippen MR) is 364 cm³/mol. The van der Waals surface area contributed by atoms with Gasteiger partial charge in [-0.05, 0) is 57.8 Å². The van der Waals surface area contributed by atoms with Crippen LogP contribution in [0.1, 0.15) is 316 Å². The minimum absolute atomic E-state index is 0.202. The Morgan fingerprint density at radius 3 is 1.19 bits per heavy atom. The van der Waals surface area contributed by atoms with Crippen LogP contribution in [0.15, 0.2) is 60.8 Å². The van der Waals surface area contributed by atoms with Gasteiger partial charge in [0.05, 0.1) is 32.0 Å². The zero-order valence-corrected chi connectivity index (χ0v) is 56.7. The van der Waals surface area contributed by atoms with E-state index in [0.29, 0.717) is 12.8 Å². The second-order valence-electron chi connectivity index (χ2n) is 26.0. The first-order valence-corrected chi connectivity index (χ1v) is 37.0.